The molecule has 1 N–H and O–H groups in total. The molecular weight excluding hydrogens is 447 g/mol. The number of halogens is 2. The van der Waals surface area contributed by atoms with Gasteiger partial charge in [0.1, 0.15) is 11.5 Å². The van der Waals surface area contributed by atoms with Crippen LogP contribution in [0.3, 0.4) is 0 Å². The fraction of sp³-hybridized carbons (Fsp3) is 0.250. The molecule has 2 aromatic carbocycles. The number of carbonyl (C=O) groups is 1. The molecule has 1 aliphatic rings. The molecule has 0 unspecified atom stereocenters. The van der Waals surface area contributed by atoms with Gasteiger partial charge in [-0.3, -0.25) is 4.79 Å². The van der Waals surface area contributed by atoms with Crippen molar-refractivity contribution >= 4 is 21.8 Å². The molecule has 0 atom stereocenters. The van der Waals surface area contributed by atoms with Gasteiger partial charge in [-0.05, 0) is 43.2 Å². The van der Waals surface area contributed by atoms with Crippen molar-refractivity contribution in [1.82, 2.24) is 10.5 Å². The summed E-state index contributed by atoms with van der Waals surface area (Å²) in [6.45, 7) is 0.160. The van der Waals surface area contributed by atoms with Crippen molar-refractivity contribution < 1.29 is 13.7 Å². The van der Waals surface area contributed by atoms with E-state index in [2.05, 4.69) is 38.2 Å². The summed E-state index contributed by atoms with van der Waals surface area (Å²) in [6, 6.07) is 13.8. The molecule has 1 aliphatic carbocycles. The monoisotopic (exact) mass is 466 g/mol. The Morgan fingerprint density at radius 3 is 2.67 bits per heavy atom. The highest BCUT2D eigenvalue weighted by molar-refractivity contribution is 9.10. The summed E-state index contributed by atoms with van der Waals surface area (Å²) in [6.07, 6.45) is 4.55. The molecule has 1 heterocycles. The Balaban J connectivity index is 1.37. The van der Waals surface area contributed by atoms with Gasteiger partial charge in [0.25, 0.3) is 5.91 Å². The van der Waals surface area contributed by atoms with Crippen molar-refractivity contribution in [2.45, 2.75) is 32.2 Å². The second kappa shape index (κ2) is 9.27. The summed E-state index contributed by atoms with van der Waals surface area (Å²) < 4.78 is 20.6. The first-order valence-corrected chi connectivity index (χ1v) is 10.7. The zero-order chi connectivity index (χ0) is 20.9. The molecule has 0 saturated heterocycles. The lowest BCUT2D eigenvalue weighted by molar-refractivity contribution is 0.0946. The third-order valence-electron chi connectivity index (χ3n) is 5.12. The quantitative estimate of drug-likeness (QED) is 0.500. The molecule has 1 amide bonds. The van der Waals surface area contributed by atoms with Crippen LogP contribution in [0.5, 0.6) is 0 Å². The fourth-order valence-electron chi connectivity index (χ4n) is 3.43. The molecule has 0 radical (unpaired) electrons. The second-order valence-corrected chi connectivity index (χ2v) is 8.23. The number of rotatable bonds is 4. The minimum atomic E-state index is -0.481. The maximum atomic E-state index is 14.4. The summed E-state index contributed by atoms with van der Waals surface area (Å²) in [4.78, 5) is 12.4. The number of hydrogen-bond acceptors (Lipinski definition) is 3. The van der Waals surface area contributed by atoms with Gasteiger partial charge >= 0.3 is 0 Å². The third-order valence-corrected chi connectivity index (χ3v) is 5.65. The van der Waals surface area contributed by atoms with Crippen LogP contribution in [-0.2, 0) is 6.54 Å². The Kier molecular flexibility index (Phi) is 6.29. The van der Waals surface area contributed by atoms with Gasteiger partial charge in [-0.15, -0.1) is 0 Å². The van der Waals surface area contributed by atoms with Crippen LogP contribution < -0.4 is 5.32 Å². The lowest BCUT2D eigenvalue weighted by Gasteiger charge is -2.04. The van der Waals surface area contributed by atoms with Crippen molar-refractivity contribution in [3.05, 3.63) is 75.7 Å². The van der Waals surface area contributed by atoms with E-state index in [1.807, 2.05) is 24.3 Å². The van der Waals surface area contributed by atoms with Crippen molar-refractivity contribution in [2.75, 3.05) is 0 Å². The van der Waals surface area contributed by atoms with E-state index in [0.29, 0.717) is 22.9 Å². The summed E-state index contributed by atoms with van der Waals surface area (Å²) in [5, 5.41) is 6.76. The molecule has 3 aromatic rings. The van der Waals surface area contributed by atoms with Crippen molar-refractivity contribution in [1.29, 1.82) is 0 Å². The Morgan fingerprint density at radius 2 is 1.93 bits per heavy atom. The number of amides is 1. The van der Waals surface area contributed by atoms with E-state index in [1.165, 1.54) is 18.9 Å². The van der Waals surface area contributed by atoms with Gasteiger partial charge in [0.15, 0.2) is 5.76 Å². The van der Waals surface area contributed by atoms with Crippen LogP contribution >= 0.6 is 15.9 Å². The van der Waals surface area contributed by atoms with Crippen LogP contribution in [0.25, 0.3) is 11.3 Å². The average Bonchev–Trinajstić information content (AvgIpc) is 3.44. The van der Waals surface area contributed by atoms with Crippen LogP contribution in [0.15, 0.2) is 57.5 Å². The first kappa shape index (κ1) is 20.4. The molecular formula is C24H20BrFN2O2. The molecule has 4 nitrogen and oxygen atoms in total. The Labute approximate surface area is 183 Å². The van der Waals surface area contributed by atoms with Gasteiger partial charge in [-0.1, -0.05) is 57.9 Å². The highest BCUT2D eigenvalue weighted by Gasteiger charge is 2.13. The Morgan fingerprint density at radius 1 is 1.17 bits per heavy atom. The van der Waals surface area contributed by atoms with E-state index in [1.54, 1.807) is 18.2 Å². The summed E-state index contributed by atoms with van der Waals surface area (Å²) in [5.74, 6) is 6.07. The molecule has 0 bridgehead atoms. The van der Waals surface area contributed by atoms with Crippen molar-refractivity contribution in [3.8, 4) is 23.1 Å². The van der Waals surface area contributed by atoms with Crippen molar-refractivity contribution in [3.63, 3.8) is 0 Å². The van der Waals surface area contributed by atoms with Crippen molar-refractivity contribution in [2.24, 2.45) is 5.92 Å². The molecule has 4 rings (SSSR count). The minimum Gasteiger partial charge on any atom is -0.359 e. The van der Waals surface area contributed by atoms with E-state index in [9.17, 15) is 9.18 Å². The highest BCUT2D eigenvalue weighted by atomic mass is 79.9. The second-order valence-electron chi connectivity index (χ2n) is 7.31. The Bertz CT molecular complexity index is 1110. The normalized spacial score (nSPS) is 13.7. The molecule has 6 heteroatoms. The van der Waals surface area contributed by atoms with E-state index in [0.717, 1.165) is 22.9 Å². The maximum absolute atomic E-state index is 14.4. The van der Waals surface area contributed by atoms with Gasteiger partial charge in [-0.25, -0.2) is 4.39 Å². The predicted molar refractivity (Wildman–Crippen MR) is 116 cm³/mol. The molecule has 0 spiro atoms. The molecule has 1 aromatic heterocycles. The van der Waals surface area contributed by atoms with Crippen LogP contribution in [-0.4, -0.2) is 11.1 Å². The van der Waals surface area contributed by atoms with Gasteiger partial charge in [0, 0.05) is 27.6 Å². The summed E-state index contributed by atoms with van der Waals surface area (Å²) in [7, 11) is 0. The average molecular weight is 467 g/mol. The minimum absolute atomic E-state index is 0.160. The number of carbonyl (C=O) groups excluding carboxylic acids is 1. The molecule has 30 heavy (non-hydrogen) atoms. The third kappa shape index (κ3) is 4.98. The van der Waals surface area contributed by atoms with Crippen LogP contribution in [0.2, 0.25) is 0 Å². The van der Waals surface area contributed by atoms with Gasteiger partial charge in [0.05, 0.1) is 12.1 Å². The Hall–Kier alpha value is -2.91. The van der Waals surface area contributed by atoms with E-state index >= 15 is 0 Å². The largest absolute Gasteiger partial charge is 0.359 e. The first-order chi connectivity index (χ1) is 14.6. The summed E-state index contributed by atoms with van der Waals surface area (Å²) >= 11 is 3.39. The standard InChI is InChI=1S/C24H20BrFN2O2/c25-20-11-9-18(10-12-20)23-14-21(30-28-23)15-27-24(29)19-8-7-17(22(26)13-19)6-5-16-3-1-2-4-16/h7-14,16H,1-4,15H2,(H,27,29). The highest BCUT2D eigenvalue weighted by Crippen LogP contribution is 2.24. The van der Waals surface area contributed by atoms with E-state index < -0.39 is 5.82 Å². The van der Waals surface area contributed by atoms with E-state index in [-0.39, 0.29) is 18.0 Å². The number of nitrogens with one attached hydrogen (secondary N) is 1. The predicted octanol–water partition coefficient (Wildman–Crippen LogP) is 5.71. The van der Waals surface area contributed by atoms with Gasteiger partial charge in [-0.2, -0.15) is 0 Å². The zero-order valence-electron chi connectivity index (χ0n) is 16.3. The fourth-order valence-corrected chi connectivity index (χ4v) is 3.69. The summed E-state index contributed by atoms with van der Waals surface area (Å²) in [5.41, 5.74) is 2.17. The number of nitrogens with zero attached hydrogens (tertiary/aromatic N) is 1. The van der Waals surface area contributed by atoms with Gasteiger partial charge < -0.3 is 9.84 Å². The molecule has 1 fully saturated rings. The lowest BCUT2D eigenvalue weighted by atomic mass is 10.1. The molecule has 0 aliphatic heterocycles. The number of aromatic nitrogens is 1. The van der Waals surface area contributed by atoms with Crippen LogP contribution in [0, 0.1) is 23.6 Å². The SMILES string of the molecule is O=C(NCc1cc(-c2ccc(Br)cc2)no1)c1ccc(C#CC2CCCC2)c(F)c1. The number of benzene rings is 2. The molecule has 1 saturated carbocycles. The first-order valence-electron chi connectivity index (χ1n) is 9.89. The zero-order valence-corrected chi connectivity index (χ0v) is 17.8. The number of hydrogen-bond donors (Lipinski definition) is 1. The topological polar surface area (TPSA) is 55.1 Å². The smallest absolute Gasteiger partial charge is 0.251 e. The van der Waals surface area contributed by atoms with E-state index in [4.69, 9.17) is 4.52 Å². The molecule has 152 valence electrons. The maximum Gasteiger partial charge on any atom is 0.251 e. The lowest BCUT2D eigenvalue weighted by Crippen LogP contribution is -2.22. The van der Waals surface area contributed by atoms with Crippen LogP contribution in [0.1, 0.15) is 47.4 Å². The van der Waals surface area contributed by atoms with Gasteiger partial charge in [0.2, 0.25) is 0 Å². The van der Waals surface area contributed by atoms with Crippen LogP contribution in [0.4, 0.5) is 4.39 Å².